The minimum Gasteiger partial charge on any atom is -0.468 e. The molecule has 0 saturated heterocycles. The Morgan fingerprint density at radius 2 is 1.85 bits per heavy atom. The smallest absolute Gasteiger partial charge is 0.324 e. The maximum absolute atomic E-state index is 12.7. The third-order valence-electron chi connectivity index (χ3n) is 3.68. The van der Waals surface area contributed by atoms with Crippen molar-refractivity contribution in [3.8, 4) is 0 Å². The van der Waals surface area contributed by atoms with Crippen LogP contribution < -0.4 is 0 Å². The molecule has 106 valence electrons. The quantitative estimate of drug-likeness (QED) is 0.874. The van der Waals surface area contributed by atoms with Crippen LogP contribution in [-0.4, -0.2) is 23.0 Å². The summed E-state index contributed by atoms with van der Waals surface area (Å²) in [5.74, 6) is 0.286. The van der Waals surface area contributed by atoms with Gasteiger partial charge >= 0.3 is 5.97 Å². The topological polar surface area (TPSA) is 55.0 Å². The Kier molecular flexibility index (Phi) is 3.66. The van der Waals surface area contributed by atoms with Crippen LogP contribution in [0.15, 0.2) is 42.7 Å². The molecule has 0 spiro atoms. The number of nitrogens with one attached hydrogen (secondary N) is 1. The molecule has 1 heterocycles. The summed E-state index contributed by atoms with van der Waals surface area (Å²) >= 11 is 0. The Morgan fingerprint density at radius 3 is 2.30 bits per heavy atom. The van der Waals surface area contributed by atoms with E-state index in [0.29, 0.717) is 5.82 Å². The Labute approximate surface area is 119 Å². The van der Waals surface area contributed by atoms with Crippen molar-refractivity contribution < 1.29 is 9.53 Å². The predicted molar refractivity (Wildman–Crippen MR) is 77.3 cm³/mol. The molecule has 0 aliphatic heterocycles. The van der Waals surface area contributed by atoms with Crippen LogP contribution >= 0.6 is 0 Å². The normalized spacial score (nSPS) is 14.6. The van der Waals surface area contributed by atoms with E-state index in [-0.39, 0.29) is 5.97 Å². The molecule has 0 radical (unpaired) electrons. The number of aromatic amines is 1. The van der Waals surface area contributed by atoms with Crippen molar-refractivity contribution in [1.82, 2.24) is 9.97 Å². The highest BCUT2D eigenvalue weighted by molar-refractivity contribution is 5.87. The summed E-state index contributed by atoms with van der Waals surface area (Å²) in [6.07, 6.45) is 3.38. The minimum atomic E-state index is -0.966. The molecule has 1 aromatic heterocycles. The van der Waals surface area contributed by atoms with E-state index in [9.17, 15) is 4.79 Å². The zero-order valence-corrected chi connectivity index (χ0v) is 12.3. The van der Waals surface area contributed by atoms with Crippen molar-refractivity contribution in [2.75, 3.05) is 7.11 Å². The predicted octanol–water partition coefficient (Wildman–Crippen LogP) is 2.91. The van der Waals surface area contributed by atoms with Gasteiger partial charge in [-0.05, 0) is 11.0 Å². The molecule has 1 atom stereocenters. The minimum absolute atomic E-state index is 0.314. The Balaban J connectivity index is 2.79. The number of hydrogen-bond donors (Lipinski definition) is 1. The second-order valence-electron chi connectivity index (χ2n) is 5.80. The fourth-order valence-electron chi connectivity index (χ4n) is 2.76. The standard InChI is InChI=1S/C16H20N2O2/c1-15(2,3)16(14(19)20-4,13-17-10-11-18-13)12-8-6-5-7-9-12/h5-11H,1-4H3,(H,17,18). The lowest BCUT2D eigenvalue weighted by Crippen LogP contribution is -2.49. The van der Waals surface area contributed by atoms with Gasteiger partial charge in [-0.15, -0.1) is 0 Å². The molecule has 1 aromatic carbocycles. The number of rotatable bonds is 3. The molecule has 0 fully saturated rings. The molecule has 4 nitrogen and oxygen atoms in total. The Morgan fingerprint density at radius 1 is 1.20 bits per heavy atom. The highest BCUT2D eigenvalue weighted by Crippen LogP contribution is 2.46. The SMILES string of the molecule is COC(=O)C(c1ccccc1)(c1ncc[nH]1)C(C)(C)C. The second kappa shape index (κ2) is 5.12. The Hall–Kier alpha value is -2.10. The monoisotopic (exact) mass is 272 g/mol. The van der Waals surface area contributed by atoms with Crippen LogP contribution in [0.5, 0.6) is 0 Å². The average molecular weight is 272 g/mol. The summed E-state index contributed by atoms with van der Waals surface area (Å²) in [6.45, 7) is 6.04. The second-order valence-corrected chi connectivity index (χ2v) is 5.80. The molecule has 1 unspecified atom stereocenters. The van der Waals surface area contributed by atoms with E-state index in [4.69, 9.17) is 4.74 Å². The number of aromatic nitrogens is 2. The molecule has 4 heteroatoms. The molecule has 0 amide bonds. The van der Waals surface area contributed by atoms with E-state index in [1.54, 1.807) is 12.4 Å². The zero-order valence-electron chi connectivity index (χ0n) is 12.3. The molecule has 2 aromatic rings. The van der Waals surface area contributed by atoms with Crippen molar-refractivity contribution >= 4 is 5.97 Å². The lowest BCUT2D eigenvalue weighted by Gasteiger charge is -2.41. The van der Waals surface area contributed by atoms with Crippen LogP contribution in [0, 0.1) is 5.41 Å². The van der Waals surface area contributed by atoms with E-state index in [1.807, 2.05) is 51.1 Å². The van der Waals surface area contributed by atoms with Crippen molar-refractivity contribution in [2.24, 2.45) is 5.41 Å². The van der Waals surface area contributed by atoms with Gasteiger partial charge in [0.2, 0.25) is 0 Å². The van der Waals surface area contributed by atoms with Gasteiger partial charge in [0.15, 0.2) is 5.41 Å². The number of carbonyl (C=O) groups excluding carboxylic acids is 1. The third-order valence-corrected chi connectivity index (χ3v) is 3.68. The van der Waals surface area contributed by atoms with Crippen LogP contribution in [0.2, 0.25) is 0 Å². The molecular formula is C16H20N2O2. The number of nitrogens with zero attached hydrogens (tertiary/aromatic N) is 1. The molecule has 0 bridgehead atoms. The number of esters is 1. The van der Waals surface area contributed by atoms with Crippen LogP contribution in [0.4, 0.5) is 0 Å². The van der Waals surface area contributed by atoms with E-state index in [2.05, 4.69) is 9.97 Å². The molecule has 20 heavy (non-hydrogen) atoms. The van der Waals surface area contributed by atoms with Gasteiger partial charge in [0.25, 0.3) is 0 Å². The largest absolute Gasteiger partial charge is 0.468 e. The number of benzene rings is 1. The first-order chi connectivity index (χ1) is 9.44. The molecule has 0 aliphatic carbocycles. The fraction of sp³-hybridized carbons (Fsp3) is 0.375. The summed E-state index contributed by atoms with van der Waals surface area (Å²) in [7, 11) is 1.41. The van der Waals surface area contributed by atoms with Crippen molar-refractivity contribution in [2.45, 2.75) is 26.2 Å². The number of carbonyl (C=O) groups is 1. The summed E-state index contributed by atoms with van der Waals surface area (Å²) in [4.78, 5) is 20.1. The molecule has 0 aliphatic rings. The van der Waals surface area contributed by atoms with Crippen molar-refractivity contribution in [1.29, 1.82) is 0 Å². The van der Waals surface area contributed by atoms with Crippen molar-refractivity contribution in [3.63, 3.8) is 0 Å². The van der Waals surface area contributed by atoms with Gasteiger partial charge in [-0.2, -0.15) is 0 Å². The first kappa shape index (κ1) is 14.3. The first-order valence-corrected chi connectivity index (χ1v) is 6.58. The molecule has 1 N–H and O–H groups in total. The summed E-state index contributed by atoms with van der Waals surface area (Å²) in [5.41, 5.74) is -0.500. The molecule has 0 saturated carbocycles. The molecule has 2 rings (SSSR count). The van der Waals surface area contributed by atoms with Gasteiger partial charge in [0.05, 0.1) is 7.11 Å². The van der Waals surface area contributed by atoms with Gasteiger partial charge in [0, 0.05) is 12.4 Å². The van der Waals surface area contributed by atoms with Gasteiger partial charge in [-0.3, -0.25) is 4.79 Å². The lowest BCUT2D eigenvalue weighted by atomic mass is 9.62. The summed E-state index contributed by atoms with van der Waals surface area (Å²) in [6, 6.07) is 9.63. The van der Waals surface area contributed by atoms with Crippen LogP contribution in [0.1, 0.15) is 32.2 Å². The van der Waals surface area contributed by atoms with Crippen LogP contribution in [0.3, 0.4) is 0 Å². The third kappa shape index (κ3) is 2.01. The maximum Gasteiger partial charge on any atom is 0.324 e. The zero-order chi connectivity index (χ0) is 14.8. The fourth-order valence-corrected chi connectivity index (χ4v) is 2.76. The first-order valence-electron chi connectivity index (χ1n) is 6.58. The van der Waals surface area contributed by atoms with Gasteiger partial charge in [-0.1, -0.05) is 51.1 Å². The van der Waals surface area contributed by atoms with E-state index in [1.165, 1.54) is 7.11 Å². The number of imidazole rings is 1. The summed E-state index contributed by atoms with van der Waals surface area (Å²) < 4.78 is 5.12. The Bertz CT molecular complexity index is 570. The highest BCUT2D eigenvalue weighted by Gasteiger charge is 2.54. The van der Waals surface area contributed by atoms with Gasteiger partial charge in [0.1, 0.15) is 5.82 Å². The van der Waals surface area contributed by atoms with E-state index >= 15 is 0 Å². The summed E-state index contributed by atoms with van der Waals surface area (Å²) in [5, 5.41) is 0. The number of methoxy groups -OCH3 is 1. The van der Waals surface area contributed by atoms with Gasteiger partial charge < -0.3 is 9.72 Å². The van der Waals surface area contributed by atoms with Gasteiger partial charge in [-0.25, -0.2) is 4.98 Å². The van der Waals surface area contributed by atoms with E-state index < -0.39 is 10.8 Å². The maximum atomic E-state index is 12.7. The van der Waals surface area contributed by atoms with Crippen LogP contribution in [-0.2, 0) is 14.9 Å². The average Bonchev–Trinajstić information content (AvgIpc) is 2.93. The van der Waals surface area contributed by atoms with Crippen LogP contribution in [0.25, 0.3) is 0 Å². The highest BCUT2D eigenvalue weighted by atomic mass is 16.5. The lowest BCUT2D eigenvalue weighted by molar-refractivity contribution is -0.150. The molecular weight excluding hydrogens is 252 g/mol. The van der Waals surface area contributed by atoms with E-state index in [0.717, 1.165) is 5.56 Å². The van der Waals surface area contributed by atoms with Crippen molar-refractivity contribution in [3.05, 3.63) is 54.1 Å². The number of hydrogen-bond acceptors (Lipinski definition) is 3. The number of ether oxygens (including phenoxy) is 1. The number of H-pyrrole nitrogens is 1.